The van der Waals surface area contributed by atoms with Crippen LogP contribution in [0.25, 0.3) is 5.57 Å². The average molecular weight is 469 g/mol. The molecule has 8 heteroatoms. The zero-order chi connectivity index (χ0) is 24.8. The molecular formula is C26H32N2O6. The topological polar surface area (TPSA) is 86.3 Å². The normalized spacial score (nSPS) is 13.6. The maximum atomic E-state index is 13.4. The zero-order valence-electron chi connectivity index (χ0n) is 20.6. The van der Waals surface area contributed by atoms with Gasteiger partial charge in [0.05, 0.1) is 33.0 Å². The first-order valence-corrected chi connectivity index (χ1v) is 11.3. The van der Waals surface area contributed by atoms with Gasteiger partial charge in [-0.1, -0.05) is 19.9 Å². The minimum absolute atomic E-state index is 0.119. The lowest BCUT2D eigenvalue weighted by Gasteiger charge is -2.18. The first-order chi connectivity index (χ1) is 16.3. The van der Waals surface area contributed by atoms with Crippen molar-refractivity contribution in [3.05, 3.63) is 47.7 Å². The number of amides is 2. The van der Waals surface area contributed by atoms with Crippen LogP contribution < -0.4 is 24.3 Å². The molecule has 0 aromatic heterocycles. The third-order valence-electron chi connectivity index (χ3n) is 5.20. The van der Waals surface area contributed by atoms with Crippen LogP contribution in [-0.2, 0) is 9.59 Å². The second kappa shape index (κ2) is 11.0. The second-order valence-electron chi connectivity index (χ2n) is 8.09. The molecule has 1 aliphatic heterocycles. The van der Waals surface area contributed by atoms with Crippen LogP contribution in [0.5, 0.6) is 23.0 Å². The third-order valence-corrected chi connectivity index (χ3v) is 5.20. The number of nitrogens with one attached hydrogen (secondary N) is 1. The summed E-state index contributed by atoms with van der Waals surface area (Å²) in [5.41, 5.74) is 1.64. The van der Waals surface area contributed by atoms with Crippen LogP contribution in [0.3, 0.4) is 0 Å². The number of imide groups is 1. The molecule has 0 fully saturated rings. The van der Waals surface area contributed by atoms with Crippen molar-refractivity contribution in [1.82, 2.24) is 4.90 Å². The van der Waals surface area contributed by atoms with Gasteiger partial charge in [0.25, 0.3) is 11.8 Å². The summed E-state index contributed by atoms with van der Waals surface area (Å²) in [6.45, 7) is 8.98. The first kappa shape index (κ1) is 25.0. The quantitative estimate of drug-likeness (QED) is 0.491. The molecule has 0 saturated heterocycles. The van der Waals surface area contributed by atoms with E-state index in [2.05, 4.69) is 5.32 Å². The molecule has 0 radical (unpaired) electrons. The van der Waals surface area contributed by atoms with Crippen molar-refractivity contribution in [1.29, 1.82) is 0 Å². The van der Waals surface area contributed by atoms with Gasteiger partial charge < -0.3 is 24.3 Å². The molecule has 0 atom stereocenters. The van der Waals surface area contributed by atoms with Gasteiger partial charge in [-0.2, -0.15) is 0 Å². The number of anilines is 1. The van der Waals surface area contributed by atoms with E-state index in [0.29, 0.717) is 54.0 Å². The van der Waals surface area contributed by atoms with Crippen molar-refractivity contribution in [3.8, 4) is 23.0 Å². The van der Waals surface area contributed by atoms with Gasteiger partial charge in [0.2, 0.25) is 0 Å². The largest absolute Gasteiger partial charge is 0.493 e. The molecule has 2 amide bonds. The molecule has 3 rings (SSSR count). The number of benzene rings is 2. The van der Waals surface area contributed by atoms with Crippen LogP contribution in [0.2, 0.25) is 0 Å². The molecule has 1 N–H and O–H groups in total. The highest BCUT2D eigenvalue weighted by Crippen LogP contribution is 2.37. The van der Waals surface area contributed by atoms with Crippen molar-refractivity contribution < 1.29 is 28.5 Å². The second-order valence-corrected chi connectivity index (χ2v) is 8.09. The zero-order valence-corrected chi connectivity index (χ0v) is 20.6. The molecule has 0 spiro atoms. The van der Waals surface area contributed by atoms with Crippen molar-refractivity contribution >= 4 is 23.1 Å². The molecule has 1 aliphatic rings. The van der Waals surface area contributed by atoms with Crippen molar-refractivity contribution in [2.45, 2.75) is 27.7 Å². The fourth-order valence-corrected chi connectivity index (χ4v) is 3.76. The summed E-state index contributed by atoms with van der Waals surface area (Å²) < 4.78 is 22.1. The fourth-order valence-electron chi connectivity index (χ4n) is 3.76. The molecule has 34 heavy (non-hydrogen) atoms. The van der Waals surface area contributed by atoms with Gasteiger partial charge in [-0.3, -0.25) is 14.5 Å². The maximum Gasteiger partial charge on any atom is 0.278 e. The van der Waals surface area contributed by atoms with Gasteiger partial charge in [-0.15, -0.1) is 0 Å². The van der Waals surface area contributed by atoms with E-state index in [1.54, 1.807) is 43.5 Å². The van der Waals surface area contributed by atoms with Crippen molar-refractivity contribution in [2.75, 3.05) is 39.3 Å². The first-order valence-electron chi connectivity index (χ1n) is 11.3. The smallest absolute Gasteiger partial charge is 0.278 e. The summed E-state index contributed by atoms with van der Waals surface area (Å²) in [4.78, 5) is 28.1. The summed E-state index contributed by atoms with van der Waals surface area (Å²) in [6.07, 6.45) is 0. The number of nitrogens with zero attached hydrogens (tertiary/aromatic N) is 1. The Morgan fingerprint density at radius 1 is 0.824 bits per heavy atom. The Morgan fingerprint density at radius 3 is 2.09 bits per heavy atom. The van der Waals surface area contributed by atoms with Gasteiger partial charge >= 0.3 is 0 Å². The number of carbonyl (C=O) groups is 2. The van der Waals surface area contributed by atoms with Gasteiger partial charge in [0.1, 0.15) is 5.70 Å². The van der Waals surface area contributed by atoms with Gasteiger partial charge in [-0.05, 0) is 49.6 Å². The summed E-state index contributed by atoms with van der Waals surface area (Å²) in [6, 6.07) is 10.5. The lowest BCUT2D eigenvalue weighted by molar-refractivity contribution is -0.137. The van der Waals surface area contributed by atoms with Crippen LogP contribution in [0, 0.1) is 5.92 Å². The minimum Gasteiger partial charge on any atom is -0.493 e. The number of ether oxygens (including phenoxy) is 4. The molecule has 0 bridgehead atoms. The molecule has 2 aromatic carbocycles. The molecule has 8 nitrogen and oxygen atoms in total. The number of hydrogen-bond donors (Lipinski definition) is 1. The number of methoxy groups -OCH3 is 2. The van der Waals surface area contributed by atoms with Crippen LogP contribution in [0.1, 0.15) is 33.3 Å². The highest BCUT2D eigenvalue weighted by Gasteiger charge is 2.39. The van der Waals surface area contributed by atoms with E-state index in [4.69, 9.17) is 18.9 Å². The van der Waals surface area contributed by atoms with Crippen LogP contribution in [-0.4, -0.2) is 50.7 Å². The molecule has 0 aliphatic carbocycles. The fraction of sp³-hybridized carbons (Fsp3) is 0.385. The Bertz CT molecular complexity index is 1090. The van der Waals surface area contributed by atoms with Crippen LogP contribution in [0.4, 0.5) is 5.69 Å². The summed E-state index contributed by atoms with van der Waals surface area (Å²) in [5, 5.41) is 3.17. The molecule has 2 aromatic rings. The maximum absolute atomic E-state index is 13.4. The van der Waals surface area contributed by atoms with Crippen LogP contribution in [0.15, 0.2) is 42.1 Å². The van der Waals surface area contributed by atoms with Gasteiger partial charge in [-0.25, -0.2) is 0 Å². The standard InChI is InChI=1S/C26H32N2O6/c1-7-33-20-12-10-18(14-22(20)34-8-2)27-24-23(25(29)28(26(24)30)15-16(3)4)17-9-11-19(31-5)21(13-17)32-6/h9-14,16,27H,7-8,15H2,1-6H3. The van der Waals surface area contributed by atoms with E-state index >= 15 is 0 Å². The Morgan fingerprint density at radius 2 is 1.47 bits per heavy atom. The molecule has 0 saturated carbocycles. The van der Waals surface area contributed by atoms with E-state index in [1.807, 2.05) is 27.7 Å². The molecule has 182 valence electrons. The SMILES string of the molecule is CCOc1ccc(NC2=C(c3ccc(OC)c(OC)c3)C(=O)N(CC(C)C)C2=O)cc1OCC. The monoisotopic (exact) mass is 468 g/mol. The van der Waals surface area contributed by atoms with E-state index in [-0.39, 0.29) is 29.0 Å². The Hall–Kier alpha value is -3.68. The number of rotatable bonds is 11. The highest BCUT2D eigenvalue weighted by atomic mass is 16.5. The lowest BCUT2D eigenvalue weighted by atomic mass is 10.0. The van der Waals surface area contributed by atoms with E-state index < -0.39 is 0 Å². The van der Waals surface area contributed by atoms with Crippen molar-refractivity contribution in [3.63, 3.8) is 0 Å². The molecule has 1 heterocycles. The van der Waals surface area contributed by atoms with E-state index in [0.717, 1.165) is 0 Å². The highest BCUT2D eigenvalue weighted by molar-refractivity contribution is 6.36. The predicted molar refractivity (Wildman–Crippen MR) is 130 cm³/mol. The summed E-state index contributed by atoms with van der Waals surface area (Å²) in [5.74, 6) is 1.55. The number of hydrogen-bond acceptors (Lipinski definition) is 7. The summed E-state index contributed by atoms with van der Waals surface area (Å²) >= 11 is 0. The van der Waals surface area contributed by atoms with Crippen molar-refractivity contribution in [2.24, 2.45) is 5.92 Å². The number of carbonyl (C=O) groups excluding carboxylic acids is 2. The molecular weight excluding hydrogens is 436 g/mol. The third kappa shape index (κ3) is 5.11. The Balaban J connectivity index is 2.09. The molecule has 0 unspecified atom stereocenters. The van der Waals surface area contributed by atoms with Gasteiger partial charge in [0, 0.05) is 18.3 Å². The summed E-state index contributed by atoms with van der Waals surface area (Å²) in [7, 11) is 3.07. The Labute approximate surface area is 200 Å². The van der Waals surface area contributed by atoms with E-state index in [1.165, 1.54) is 12.0 Å². The minimum atomic E-state index is -0.379. The average Bonchev–Trinajstić information content (AvgIpc) is 3.04. The van der Waals surface area contributed by atoms with Crippen LogP contribution >= 0.6 is 0 Å². The van der Waals surface area contributed by atoms with Gasteiger partial charge in [0.15, 0.2) is 23.0 Å². The lowest BCUT2D eigenvalue weighted by Crippen LogP contribution is -2.35. The Kier molecular flexibility index (Phi) is 8.04. The predicted octanol–water partition coefficient (Wildman–Crippen LogP) is 4.35. The van der Waals surface area contributed by atoms with E-state index in [9.17, 15) is 9.59 Å².